The van der Waals surface area contributed by atoms with Crippen LogP contribution in [0.2, 0.25) is 0 Å². The molecule has 3 nitrogen and oxygen atoms in total. The van der Waals surface area contributed by atoms with E-state index in [1.807, 2.05) is 61.4 Å². The van der Waals surface area contributed by atoms with E-state index in [1.54, 1.807) is 0 Å². The molecule has 0 aliphatic carbocycles. The maximum atomic E-state index is 4.56. The van der Waals surface area contributed by atoms with Crippen LogP contribution in [0.15, 0.2) is 54.9 Å². The van der Waals surface area contributed by atoms with E-state index in [1.165, 1.54) is 11.1 Å². The van der Waals surface area contributed by atoms with Gasteiger partial charge in [0.15, 0.2) is 0 Å². The van der Waals surface area contributed by atoms with E-state index >= 15 is 0 Å². The first-order valence-electron chi connectivity index (χ1n) is 6.27. The van der Waals surface area contributed by atoms with Crippen molar-refractivity contribution < 1.29 is 0 Å². The standard InChI is InChI=1S/C16H15N3/c1-12-15(13-8-10-17-11-9-13)16(19(2)18-12)14-6-4-3-5-7-14/h3-11H,1-2H3. The molecule has 2 aromatic heterocycles. The van der Waals surface area contributed by atoms with Crippen molar-refractivity contribution in [3.63, 3.8) is 0 Å². The number of benzene rings is 1. The number of aromatic nitrogens is 3. The Kier molecular flexibility index (Phi) is 2.88. The van der Waals surface area contributed by atoms with Gasteiger partial charge in [-0.15, -0.1) is 0 Å². The molecule has 0 radical (unpaired) electrons. The molecule has 0 spiro atoms. The van der Waals surface area contributed by atoms with E-state index in [2.05, 4.69) is 22.2 Å². The van der Waals surface area contributed by atoms with Gasteiger partial charge in [-0.05, 0) is 24.6 Å². The van der Waals surface area contributed by atoms with Crippen LogP contribution in [0.1, 0.15) is 5.69 Å². The third kappa shape index (κ3) is 2.03. The van der Waals surface area contributed by atoms with Gasteiger partial charge in [-0.3, -0.25) is 9.67 Å². The van der Waals surface area contributed by atoms with Crippen molar-refractivity contribution in [1.29, 1.82) is 0 Å². The van der Waals surface area contributed by atoms with Gasteiger partial charge < -0.3 is 0 Å². The molecule has 1 aromatic carbocycles. The molecular weight excluding hydrogens is 234 g/mol. The molecule has 0 saturated heterocycles. The maximum Gasteiger partial charge on any atom is 0.0760 e. The molecule has 94 valence electrons. The lowest BCUT2D eigenvalue weighted by Gasteiger charge is -2.07. The second-order valence-electron chi connectivity index (χ2n) is 4.53. The highest BCUT2D eigenvalue weighted by Crippen LogP contribution is 2.33. The lowest BCUT2D eigenvalue weighted by molar-refractivity contribution is 0.764. The second kappa shape index (κ2) is 4.69. The second-order valence-corrected chi connectivity index (χ2v) is 4.53. The zero-order chi connectivity index (χ0) is 13.2. The Balaban J connectivity index is 2.26. The van der Waals surface area contributed by atoms with Gasteiger partial charge in [-0.1, -0.05) is 30.3 Å². The minimum Gasteiger partial charge on any atom is -0.267 e. The Morgan fingerprint density at radius 1 is 0.895 bits per heavy atom. The quantitative estimate of drug-likeness (QED) is 0.696. The minimum absolute atomic E-state index is 1.03. The van der Waals surface area contributed by atoms with Crippen molar-refractivity contribution in [2.45, 2.75) is 6.92 Å². The molecular formula is C16H15N3. The minimum atomic E-state index is 1.03. The highest BCUT2D eigenvalue weighted by atomic mass is 15.3. The van der Waals surface area contributed by atoms with Crippen LogP contribution >= 0.6 is 0 Å². The van der Waals surface area contributed by atoms with Crippen molar-refractivity contribution >= 4 is 0 Å². The van der Waals surface area contributed by atoms with Crippen molar-refractivity contribution in [2.75, 3.05) is 0 Å². The normalized spacial score (nSPS) is 10.6. The van der Waals surface area contributed by atoms with Gasteiger partial charge in [-0.25, -0.2) is 0 Å². The average molecular weight is 249 g/mol. The predicted octanol–water partition coefficient (Wildman–Crippen LogP) is 3.46. The summed E-state index contributed by atoms with van der Waals surface area (Å²) in [7, 11) is 1.99. The summed E-state index contributed by atoms with van der Waals surface area (Å²) >= 11 is 0. The Morgan fingerprint density at radius 3 is 2.26 bits per heavy atom. The monoisotopic (exact) mass is 249 g/mol. The number of aryl methyl sites for hydroxylation is 2. The number of hydrogen-bond acceptors (Lipinski definition) is 2. The summed E-state index contributed by atoms with van der Waals surface area (Å²) in [5, 5.41) is 4.56. The highest BCUT2D eigenvalue weighted by molar-refractivity contribution is 5.82. The van der Waals surface area contributed by atoms with Gasteiger partial charge in [0.05, 0.1) is 11.4 Å². The van der Waals surface area contributed by atoms with Crippen LogP contribution in [0.4, 0.5) is 0 Å². The van der Waals surface area contributed by atoms with Crippen LogP contribution in [-0.2, 0) is 7.05 Å². The first-order chi connectivity index (χ1) is 9.27. The lowest BCUT2D eigenvalue weighted by Crippen LogP contribution is -1.94. The summed E-state index contributed by atoms with van der Waals surface area (Å²) < 4.78 is 1.94. The third-order valence-corrected chi connectivity index (χ3v) is 3.24. The first kappa shape index (κ1) is 11.7. The van der Waals surface area contributed by atoms with E-state index in [4.69, 9.17) is 0 Å². The predicted molar refractivity (Wildman–Crippen MR) is 76.6 cm³/mol. The molecule has 3 rings (SSSR count). The number of pyridine rings is 1. The van der Waals surface area contributed by atoms with Crippen LogP contribution in [0, 0.1) is 6.92 Å². The van der Waals surface area contributed by atoms with Crippen LogP contribution in [0.3, 0.4) is 0 Å². The average Bonchev–Trinajstić information content (AvgIpc) is 2.75. The summed E-state index contributed by atoms with van der Waals surface area (Å²) in [4.78, 5) is 4.08. The molecule has 0 N–H and O–H groups in total. The smallest absolute Gasteiger partial charge is 0.0760 e. The Hall–Kier alpha value is -2.42. The fraction of sp³-hybridized carbons (Fsp3) is 0.125. The summed E-state index contributed by atoms with van der Waals surface area (Å²) in [6, 6.07) is 14.4. The Bertz CT molecular complexity index is 625. The molecule has 3 heteroatoms. The molecule has 0 bridgehead atoms. The molecule has 0 unspecified atom stereocenters. The van der Waals surface area contributed by atoms with E-state index < -0.39 is 0 Å². The summed E-state index contributed by atoms with van der Waals surface area (Å²) in [6.45, 7) is 2.04. The van der Waals surface area contributed by atoms with Gasteiger partial charge in [0, 0.05) is 30.6 Å². The van der Waals surface area contributed by atoms with Gasteiger partial charge >= 0.3 is 0 Å². The topological polar surface area (TPSA) is 30.7 Å². The SMILES string of the molecule is Cc1nn(C)c(-c2ccccc2)c1-c1ccncc1. The zero-order valence-corrected chi connectivity index (χ0v) is 11.0. The summed E-state index contributed by atoms with van der Waals surface area (Å²) in [5.41, 5.74) is 5.69. The fourth-order valence-electron chi connectivity index (χ4n) is 2.45. The van der Waals surface area contributed by atoms with Crippen LogP contribution in [0.5, 0.6) is 0 Å². The Morgan fingerprint density at radius 2 is 1.58 bits per heavy atom. The van der Waals surface area contributed by atoms with Crippen molar-refractivity contribution in [3.8, 4) is 22.4 Å². The fourth-order valence-corrected chi connectivity index (χ4v) is 2.45. The van der Waals surface area contributed by atoms with Crippen LogP contribution in [-0.4, -0.2) is 14.8 Å². The van der Waals surface area contributed by atoms with Crippen molar-refractivity contribution in [1.82, 2.24) is 14.8 Å². The number of nitrogens with zero attached hydrogens (tertiary/aromatic N) is 3. The van der Waals surface area contributed by atoms with Crippen LogP contribution < -0.4 is 0 Å². The summed E-state index contributed by atoms with van der Waals surface area (Å²) in [5.74, 6) is 0. The molecule has 0 amide bonds. The zero-order valence-electron chi connectivity index (χ0n) is 11.0. The number of hydrogen-bond donors (Lipinski definition) is 0. The summed E-state index contributed by atoms with van der Waals surface area (Å²) in [6.07, 6.45) is 3.63. The maximum absolute atomic E-state index is 4.56. The largest absolute Gasteiger partial charge is 0.267 e. The molecule has 19 heavy (non-hydrogen) atoms. The molecule has 3 aromatic rings. The van der Waals surface area contributed by atoms with Crippen LogP contribution in [0.25, 0.3) is 22.4 Å². The molecule has 0 aliphatic heterocycles. The third-order valence-electron chi connectivity index (χ3n) is 3.24. The number of rotatable bonds is 2. The van der Waals surface area contributed by atoms with Gasteiger partial charge in [-0.2, -0.15) is 5.10 Å². The Labute approximate surface area is 112 Å². The van der Waals surface area contributed by atoms with E-state index in [-0.39, 0.29) is 0 Å². The van der Waals surface area contributed by atoms with Gasteiger partial charge in [0.1, 0.15) is 0 Å². The molecule has 0 fully saturated rings. The lowest BCUT2D eigenvalue weighted by atomic mass is 10.00. The molecule has 0 saturated carbocycles. The van der Waals surface area contributed by atoms with E-state index in [9.17, 15) is 0 Å². The van der Waals surface area contributed by atoms with Crippen molar-refractivity contribution in [2.24, 2.45) is 7.05 Å². The van der Waals surface area contributed by atoms with E-state index in [0.717, 1.165) is 17.0 Å². The molecule has 0 aliphatic rings. The van der Waals surface area contributed by atoms with Gasteiger partial charge in [0.25, 0.3) is 0 Å². The first-order valence-corrected chi connectivity index (χ1v) is 6.27. The van der Waals surface area contributed by atoms with Gasteiger partial charge in [0.2, 0.25) is 0 Å². The highest BCUT2D eigenvalue weighted by Gasteiger charge is 2.16. The van der Waals surface area contributed by atoms with Crippen molar-refractivity contribution in [3.05, 3.63) is 60.6 Å². The van der Waals surface area contributed by atoms with E-state index in [0.29, 0.717) is 0 Å². The molecule has 2 heterocycles. The molecule has 0 atom stereocenters.